The number of halogens is 1. The normalized spacial score (nSPS) is 11.6. The zero-order valence-electron chi connectivity index (χ0n) is 8.20. The molecule has 0 atom stereocenters. The first-order chi connectivity index (χ1) is 7.48. The van der Waals surface area contributed by atoms with Crippen molar-refractivity contribution in [2.75, 3.05) is 6.26 Å². The van der Waals surface area contributed by atoms with Crippen LogP contribution in [0.15, 0.2) is 34.3 Å². The molecule has 0 saturated carbocycles. The van der Waals surface area contributed by atoms with E-state index in [1.807, 2.05) is 0 Å². The Balaban J connectivity index is 2.52. The zero-order valence-corrected chi connectivity index (χ0v) is 10.6. The second-order valence-electron chi connectivity index (χ2n) is 3.09. The SMILES string of the molecule is CS(=O)(=O)c1cnn(-c2ncncc2Br)c1. The minimum absolute atomic E-state index is 0.151. The van der Waals surface area contributed by atoms with E-state index in [-0.39, 0.29) is 4.90 Å². The molecule has 0 aliphatic carbocycles. The lowest BCUT2D eigenvalue weighted by molar-refractivity contribution is 0.602. The zero-order chi connectivity index (χ0) is 11.8. The van der Waals surface area contributed by atoms with Crippen LogP contribution >= 0.6 is 15.9 Å². The Morgan fingerprint density at radius 3 is 2.69 bits per heavy atom. The molecule has 0 aromatic carbocycles. The molecule has 0 spiro atoms. The summed E-state index contributed by atoms with van der Waals surface area (Å²) in [6.07, 6.45) is 6.74. The number of rotatable bonds is 2. The van der Waals surface area contributed by atoms with Crippen molar-refractivity contribution in [1.82, 2.24) is 19.7 Å². The van der Waals surface area contributed by atoms with Crippen LogP contribution in [0.3, 0.4) is 0 Å². The summed E-state index contributed by atoms with van der Waals surface area (Å²) in [5, 5.41) is 3.93. The predicted molar refractivity (Wildman–Crippen MR) is 60.0 cm³/mol. The van der Waals surface area contributed by atoms with Crippen LogP contribution in [-0.4, -0.2) is 34.4 Å². The highest BCUT2D eigenvalue weighted by molar-refractivity contribution is 9.10. The highest BCUT2D eigenvalue weighted by atomic mass is 79.9. The molecule has 0 fully saturated rings. The van der Waals surface area contributed by atoms with Gasteiger partial charge in [-0.15, -0.1) is 0 Å². The van der Waals surface area contributed by atoms with E-state index >= 15 is 0 Å². The molecule has 0 unspecified atom stereocenters. The molecule has 0 aliphatic heterocycles. The maximum Gasteiger partial charge on any atom is 0.178 e. The standard InChI is InChI=1S/C8H7BrN4O2S/c1-16(14,15)6-2-12-13(4-6)8-7(9)3-10-5-11-8/h2-5H,1H3. The fourth-order valence-corrected chi connectivity index (χ4v) is 2.02. The molecule has 0 amide bonds. The largest absolute Gasteiger partial charge is 0.243 e. The molecule has 0 saturated heterocycles. The summed E-state index contributed by atoms with van der Waals surface area (Å²) in [5.41, 5.74) is 0. The fraction of sp³-hybridized carbons (Fsp3) is 0.125. The first-order valence-corrected chi connectivity index (χ1v) is 6.87. The Kier molecular flexibility index (Phi) is 2.76. The molecule has 2 heterocycles. The Hall–Kier alpha value is -1.28. The van der Waals surface area contributed by atoms with Gasteiger partial charge >= 0.3 is 0 Å². The van der Waals surface area contributed by atoms with E-state index in [0.29, 0.717) is 10.3 Å². The molecule has 0 aliphatic rings. The first kappa shape index (κ1) is 11.2. The summed E-state index contributed by atoms with van der Waals surface area (Å²) in [5.74, 6) is 0.491. The minimum Gasteiger partial charge on any atom is -0.243 e. The van der Waals surface area contributed by atoms with E-state index in [2.05, 4.69) is 31.0 Å². The minimum atomic E-state index is -3.24. The van der Waals surface area contributed by atoms with Crippen LogP contribution in [0, 0.1) is 0 Å². The molecule has 0 bridgehead atoms. The lowest BCUT2D eigenvalue weighted by Gasteiger charge is -2.00. The van der Waals surface area contributed by atoms with Crippen LogP contribution in [0.4, 0.5) is 0 Å². The summed E-state index contributed by atoms with van der Waals surface area (Å²) in [7, 11) is -3.24. The second-order valence-corrected chi connectivity index (χ2v) is 5.96. The van der Waals surface area contributed by atoms with Gasteiger partial charge in [-0.25, -0.2) is 23.1 Å². The number of nitrogens with zero attached hydrogens (tertiary/aromatic N) is 4. The highest BCUT2D eigenvalue weighted by Gasteiger charge is 2.12. The topological polar surface area (TPSA) is 77.7 Å². The lowest BCUT2D eigenvalue weighted by Crippen LogP contribution is -2.00. The van der Waals surface area contributed by atoms with Gasteiger partial charge in [0.2, 0.25) is 0 Å². The molecule has 6 nitrogen and oxygen atoms in total. The van der Waals surface area contributed by atoms with Gasteiger partial charge < -0.3 is 0 Å². The molecule has 84 valence electrons. The molecule has 8 heteroatoms. The van der Waals surface area contributed by atoms with Crippen molar-refractivity contribution in [3.8, 4) is 5.82 Å². The van der Waals surface area contributed by atoms with E-state index < -0.39 is 9.84 Å². The third kappa shape index (κ3) is 2.12. The van der Waals surface area contributed by atoms with E-state index in [1.165, 1.54) is 23.4 Å². The van der Waals surface area contributed by atoms with Crippen molar-refractivity contribution in [1.29, 1.82) is 0 Å². The van der Waals surface area contributed by atoms with Gasteiger partial charge in [-0.05, 0) is 15.9 Å². The quantitative estimate of drug-likeness (QED) is 0.821. The average Bonchev–Trinajstić information content (AvgIpc) is 2.66. The average molecular weight is 303 g/mol. The predicted octanol–water partition coefficient (Wildman–Crippen LogP) is 0.828. The van der Waals surface area contributed by atoms with Crippen molar-refractivity contribution in [3.63, 3.8) is 0 Å². The monoisotopic (exact) mass is 302 g/mol. The fourth-order valence-electron chi connectivity index (χ4n) is 1.09. The highest BCUT2D eigenvalue weighted by Crippen LogP contribution is 2.17. The van der Waals surface area contributed by atoms with Crippen molar-refractivity contribution < 1.29 is 8.42 Å². The van der Waals surface area contributed by atoms with Crippen LogP contribution in [0.1, 0.15) is 0 Å². The maximum absolute atomic E-state index is 11.3. The summed E-state index contributed by atoms with van der Waals surface area (Å²) < 4.78 is 24.5. The van der Waals surface area contributed by atoms with Gasteiger partial charge in [0.15, 0.2) is 15.7 Å². The molecule has 2 rings (SSSR count). The van der Waals surface area contributed by atoms with Crippen molar-refractivity contribution in [2.45, 2.75) is 4.90 Å². The molecule has 2 aromatic heterocycles. The Morgan fingerprint density at radius 2 is 2.12 bits per heavy atom. The third-order valence-electron chi connectivity index (χ3n) is 1.85. The lowest BCUT2D eigenvalue weighted by atomic mass is 10.6. The summed E-state index contributed by atoms with van der Waals surface area (Å²) >= 11 is 3.26. The van der Waals surface area contributed by atoms with E-state index in [0.717, 1.165) is 6.26 Å². The smallest absolute Gasteiger partial charge is 0.178 e. The molecular weight excluding hydrogens is 296 g/mol. The summed E-state index contributed by atoms with van der Waals surface area (Å²) in [6.45, 7) is 0. The molecule has 16 heavy (non-hydrogen) atoms. The Labute approximate surface area is 100 Å². The molecule has 2 aromatic rings. The number of hydrogen-bond acceptors (Lipinski definition) is 5. The molecular formula is C8H7BrN4O2S. The van der Waals surface area contributed by atoms with E-state index in [1.54, 1.807) is 6.20 Å². The van der Waals surface area contributed by atoms with Gasteiger partial charge in [-0.3, -0.25) is 0 Å². The van der Waals surface area contributed by atoms with Crippen molar-refractivity contribution >= 4 is 25.8 Å². The van der Waals surface area contributed by atoms with Crippen LogP contribution in [0.2, 0.25) is 0 Å². The summed E-state index contributed by atoms with van der Waals surface area (Å²) in [4.78, 5) is 7.95. The molecule has 0 N–H and O–H groups in total. The van der Waals surface area contributed by atoms with Gasteiger partial charge in [0.25, 0.3) is 0 Å². The van der Waals surface area contributed by atoms with Crippen molar-refractivity contribution in [2.24, 2.45) is 0 Å². The Bertz CT molecular complexity index is 622. The van der Waals surface area contributed by atoms with Gasteiger partial charge in [0.05, 0.1) is 16.9 Å². The number of aromatic nitrogens is 4. The molecule has 0 radical (unpaired) electrons. The number of sulfone groups is 1. The van der Waals surface area contributed by atoms with Gasteiger partial charge in [-0.1, -0.05) is 0 Å². The Morgan fingerprint density at radius 1 is 1.38 bits per heavy atom. The van der Waals surface area contributed by atoms with Crippen LogP contribution in [0.25, 0.3) is 5.82 Å². The second kappa shape index (κ2) is 3.95. The van der Waals surface area contributed by atoms with Gasteiger partial charge in [0.1, 0.15) is 11.2 Å². The number of hydrogen-bond donors (Lipinski definition) is 0. The summed E-state index contributed by atoms with van der Waals surface area (Å²) in [6, 6.07) is 0. The first-order valence-electron chi connectivity index (χ1n) is 4.19. The third-order valence-corrected chi connectivity index (χ3v) is 3.48. The van der Waals surface area contributed by atoms with Crippen LogP contribution in [-0.2, 0) is 9.84 Å². The van der Waals surface area contributed by atoms with Gasteiger partial charge in [0, 0.05) is 12.5 Å². The van der Waals surface area contributed by atoms with Gasteiger partial charge in [-0.2, -0.15) is 5.10 Å². The van der Waals surface area contributed by atoms with E-state index in [9.17, 15) is 8.42 Å². The van der Waals surface area contributed by atoms with E-state index in [4.69, 9.17) is 0 Å². The maximum atomic E-state index is 11.3. The van der Waals surface area contributed by atoms with Crippen LogP contribution in [0.5, 0.6) is 0 Å². The van der Waals surface area contributed by atoms with Crippen LogP contribution < -0.4 is 0 Å². The van der Waals surface area contributed by atoms with Crippen molar-refractivity contribution in [3.05, 3.63) is 29.4 Å².